The molecule has 0 spiro atoms. The summed E-state index contributed by atoms with van der Waals surface area (Å²) < 4.78 is 31.1. The lowest BCUT2D eigenvalue weighted by Crippen LogP contribution is -2.44. The lowest BCUT2D eigenvalue weighted by molar-refractivity contribution is 0.0567. The number of hydrogen-bond donors (Lipinski definition) is 1. The number of hydrogen-bond acceptors (Lipinski definition) is 4. The van der Waals surface area contributed by atoms with Gasteiger partial charge < -0.3 is 4.74 Å². The zero-order valence-electron chi connectivity index (χ0n) is 11.1. The molecule has 17 heavy (non-hydrogen) atoms. The van der Waals surface area contributed by atoms with Gasteiger partial charge in [0.2, 0.25) is 0 Å². The molecule has 1 amide bonds. The van der Waals surface area contributed by atoms with E-state index in [9.17, 15) is 13.2 Å². The van der Waals surface area contributed by atoms with E-state index in [1.807, 2.05) is 11.6 Å². The molecule has 7 heteroatoms. The monoisotopic (exact) mass is 266 g/mol. The van der Waals surface area contributed by atoms with Gasteiger partial charge in [0.15, 0.2) is 0 Å². The zero-order chi connectivity index (χ0) is 13.7. The van der Waals surface area contributed by atoms with Gasteiger partial charge >= 0.3 is 16.3 Å². The van der Waals surface area contributed by atoms with Crippen LogP contribution in [-0.4, -0.2) is 38.0 Å². The van der Waals surface area contributed by atoms with E-state index >= 15 is 0 Å². The number of nitrogens with one attached hydrogen (secondary N) is 1. The number of carbonyl (C=O) groups is 1. The fourth-order valence-corrected chi connectivity index (χ4v) is 1.76. The van der Waals surface area contributed by atoms with Crippen molar-refractivity contribution >= 4 is 16.3 Å². The third kappa shape index (κ3) is 7.17. The molecule has 0 unspecified atom stereocenters. The fourth-order valence-electron chi connectivity index (χ4n) is 0.983. The molecule has 0 aliphatic heterocycles. The minimum Gasteiger partial charge on any atom is -0.443 e. The molecule has 0 bridgehead atoms. The Bertz CT molecular complexity index is 346. The minimum absolute atomic E-state index is 0.370. The highest BCUT2D eigenvalue weighted by molar-refractivity contribution is 7.87. The number of ether oxygens (including phenoxy) is 1. The van der Waals surface area contributed by atoms with Crippen molar-refractivity contribution < 1.29 is 17.9 Å². The van der Waals surface area contributed by atoms with E-state index in [-0.39, 0.29) is 0 Å². The number of nitrogens with zero attached hydrogens (tertiary/aromatic N) is 1. The standard InChI is InChI=1S/C10H22N2O4S/c1-6-7-8-12(5)17(14,15)11-9(13)16-10(2,3)4/h6-8H2,1-5H3,(H,11,13). The van der Waals surface area contributed by atoms with Gasteiger partial charge in [-0.1, -0.05) is 13.3 Å². The van der Waals surface area contributed by atoms with Crippen molar-refractivity contribution in [1.29, 1.82) is 0 Å². The predicted octanol–water partition coefficient (Wildman–Crippen LogP) is 1.49. The van der Waals surface area contributed by atoms with Crippen molar-refractivity contribution in [3.05, 3.63) is 0 Å². The first-order chi connectivity index (χ1) is 7.58. The molecule has 0 aromatic rings. The molecule has 0 atom stereocenters. The van der Waals surface area contributed by atoms with Gasteiger partial charge in [-0.25, -0.2) is 9.52 Å². The average Bonchev–Trinajstić information content (AvgIpc) is 2.09. The molecule has 6 nitrogen and oxygen atoms in total. The zero-order valence-corrected chi connectivity index (χ0v) is 11.9. The lowest BCUT2D eigenvalue weighted by Gasteiger charge is -2.21. The Kier molecular flexibility index (Phi) is 5.91. The molecule has 0 aromatic heterocycles. The maximum Gasteiger partial charge on any atom is 0.422 e. The quantitative estimate of drug-likeness (QED) is 0.818. The highest BCUT2D eigenvalue weighted by Crippen LogP contribution is 2.07. The highest BCUT2D eigenvalue weighted by atomic mass is 32.2. The first-order valence-electron chi connectivity index (χ1n) is 5.55. The van der Waals surface area contributed by atoms with Gasteiger partial charge in [-0.3, -0.25) is 0 Å². The second-order valence-corrected chi connectivity index (χ2v) is 6.56. The van der Waals surface area contributed by atoms with Gasteiger partial charge in [0.1, 0.15) is 5.60 Å². The van der Waals surface area contributed by atoms with Crippen LogP contribution in [0.3, 0.4) is 0 Å². The number of rotatable bonds is 5. The third-order valence-corrected chi connectivity index (χ3v) is 3.28. The fraction of sp³-hybridized carbons (Fsp3) is 0.900. The summed E-state index contributed by atoms with van der Waals surface area (Å²) in [6, 6.07) is 0. The SMILES string of the molecule is CCCCN(C)S(=O)(=O)NC(=O)OC(C)(C)C. The molecule has 0 saturated carbocycles. The predicted molar refractivity (Wildman–Crippen MR) is 65.8 cm³/mol. The summed E-state index contributed by atoms with van der Waals surface area (Å²) >= 11 is 0. The van der Waals surface area contributed by atoms with Crippen molar-refractivity contribution in [3.63, 3.8) is 0 Å². The van der Waals surface area contributed by atoms with E-state index < -0.39 is 21.9 Å². The molecular formula is C10H22N2O4S. The molecular weight excluding hydrogens is 244 g/mol. The maximum absolute atomic E-state index is 11.6. The summed E-state index contributed by atoms with van der Waals surface area (Å²) in [5.41, 5.74) is -0.721. The summed E-state index contributed by atoms with van der Waals surface area (Å²) in [5.74, 6) is 0. The Morgan fingerprint density at radius 1 is 1.35 bits per heavy atom. The van der Waals surface area contributed by atoms with Crippen LogP contribution in [0.15, 0.2) is 0 Å². The van der Waals surface area contributed by atoms with E-state index in [0.717, 1.165) is 17.1 Å². The Labute approximate surface area is 104 Å². The topological polar surface area (TPSA) is 75.7 Å². The highest BCUT2D eigenvalue weighted by Gasteiger charge is 2.24. The average molecular weight is 266 g/mol. The summed E-state index contributed by atoms with van der Waals surface area (Å²) in [7, 11) is -2.38. The van der Waals surface area contributed by atoms with Crippen molar-refractivity contribution in [2.24, 2.45) is 0 Å². The second-order valence-electron chi connectivity index (χ2n) is 4.78. The van der Waals surface area contributed by atoms with E-state index in [1.54, 1.807) is 20.8 Å². The summed E-state index contributed by atoms with van der Waals surface area (Å²) in [6.45, 7) is 7.33. The summed E-state index contributed by atoms with van der Waals surface area (Å²) in [6.07, 6.45) is 0.665. The molecule has 1 N–H and O–H groups in total. The first-order valence-corrected chi connectivity index (χ1v) is 6.99. The molecule has 0 saturated heterocycles. The molecule has 0 radical (unpaired) electrons. The van der Waals surface area contributed by atoms with E-state index in [1.165, 1.54) is 7.05 Å². The van der Waals surface area contributed by atoms with Gasteiger partial charge in [0.25, 0.3) is 0 Å². The van der Waals surface area contributed by atoms with Crippen LogP contribution in [-0.2, 0) is 14.9 Å². The Balaban J connectivity index is 4.40. The summed E-state index contributed by atoms with van der Waals surface area (Å²) in [5, 5.41) is 0. The number of amides is 1. The number of carbonyl (C=O) groups excluding carboxylic acids is 1. The van der Waals surface area contributed by atoms with Gasteiger partial charge in [0, 0.05) is 13.6 Å². The van der Waals surface area contributed by atoms with Crippen LogP contribution in [0.1, 0.15) is 40.5 Å². The molecule has 0 rings (SSSR count). The smallest absolute Gasteiger partial charge is 0.422 e. The normalized spacial score (nSPS) is 12.6. The molecule has 0 heterocycles. The van der Waals surface area contributed by atoms with Crippen LogP contribution < -0.4 is 4.72 Å². The number of unbranched alkanes of at least 4 members (excludes halogenated alkanes) is 1. The van der Waals surface area contributed by atoms with Gasteiger partial charge in [-0.2, -0.15) is 12.7 Å². The van der Waals surface area contributed by atoms with Gasteiger partial charge in [-0.05, 0) is 27.2 Å². The van der Waals surface area contributed by atoms with Crippen LogP contribution in [0.4, 0.5) is 4.79 Å². The van der Waals surface area contributed by atoms with Crippen LogP contribution in [0.2, 0.25) is 0 Å². The van der Waals surface area contributed by atoms with Crippen LogP contribution >= 0.6 is 0 Å². The van der Waals surface area contributed by atoms with E-state index in [2.05, 4.69) is 0 Å². The third-order valence-electron chi connectivity index (χ3n) is 1.85. The van der Waals surface area contributed by atoms with E-state index in [4.69, 9.17) is 4.74 Å². The molecule has 0 fully saturated rings. The van der Waals surface area contributed by atoms with Crippen molar-refractivity contribution in [3.8, 4) is 0 Å². The van der Waals surface area contributed by atoms with Crippen LogP contribution in [0.25, 0.3) is 0 Å². The van der Waals surface area contributed by atoms with Gasteiger partial charge in [-0.15, -0.1) is 0 Å². The minimum atomic E-state index is -3.80. The van der Waals surface area contributed by atoms with Crippen molar-refractivity contribution in [2.45, 2.75) is 46.1 Å². The largest absolute Gasteiger partial charge is 0.443 e. The summed E-state index contributed by atoms with van der Waals surface area (Å²) in [4.78, 5) is 11.3. The molecule has 0 aliphatic carbocycles. The van der Waals surface area contributed by atoms with Crippen molar-refractivity contribution in [1.82, 2.24) is 9.03 Å². The van der Waals surface area contributed by atoms with Crippen molar-refractivity contribution in [2.75, 3.05) is 13.6 Å². The second kappa shape index (κ2) is 6.20. The Morgan fingerprint density at radius 2 is 1.88 bits per heavy atom. The lowest BCUT2D eigenvalue weighted by atomic mass is 10.2. The van der Waals surface area contributed by atoms with Crippen LogP contribution in [0.5, 0.6) is 0 Å². The van der Waals surface area contributed by atoms with Gasteiger partial charge in [0.05, 0.1) is 0 Å². The molecule has 0 aliphatic rings. The molecule has 0 aromatic carbocycles. The first kappa shape index (κ1) is 16.2. The Morgan fingerprint density at radius 3 is 2.29 bits per heavy atom. The molecule has 102 valence electrons. The maximum atomic E-state index is 11.6. The van der Waals surface area contributed by atoms with E-state index in [0.29, 0.717) is 6.54 Å². The Hall–Kier alpha value is -0.820. The van der Waals surface area contributed by atoms with Crippen LogP contribution in [0, 0.1) is 0 Å².